The molecule has 1 saturated heterocycles. The number of aromatic nitrogens is 4. The standard InChI is InChI=1S/C27H32F3N7O3S/c1-17(38)34-9-7-24-22(16-34)26(33-37(24)20-5-10-35(11-6-20)41(2,39)40)36-8-3-4-18-12-21(19-14-31-32-15-19)23(13-25(18)36)27(28,29)30/h12-15,20H,3-11,16H2,1-2H3,(H,31,32). The number of nitrogens with zero attached hydrogens (tertiary/aromatic N) is 6. The Morgan fingerprint density at radius 1 is 1.10 bits per heavy atom. The van der Waals surface area contributed by atoms with Gasteiger partial charge in [0.25, 0.3) is 0 Å². The number of halogens is 3. The zero-order valence-electron chi connectivity index (χ0n) is 22.9. The molecule has 0 aliphatic carbocycles. The Hall–Kier alpha value is -3.39. The Morgan fingerprint density at radius 2 is 1.85 bits per heavy atom. The van der Waals surface area contributed by atoms with Crippen molar-refractivity contribution < 1.29 is 26.4 Å². The number of hydrogen-bond acceptors (Lipinski definition) is 6. The van der Waals surface area contributed by atoms with Crippen LogP contribution in [0.5, 0.6) is 0 Å². The molecule has 0 radical (unpaired) electrons. The molecule has 0 spiro atoms. The van der Waals surface area contributed by atoms with E-state index in [1.807, 2.05) is 9.58 Å². The van der Waals surface area contributed by atoms with Crippen LogP contribution in [0.1, 0.15) is 54.6 Å². The van der Waals surface area contributed by atoms with E-state index in [0.29, 0.717) is 75.5 Å². The average molecular weight is 592 g/mol. The molecule has 3 aromatic rings. The second kappa shape index (κ2) is 10.2. The van der Waals surface area contributed by atoms with E-state index in [9.17, 15) is 26.4 Å². The minimum atomic E-state index is -4.58. The lowest BCUT2D eigenvalue weighted by Crippen LogP contribution is -2.39. The molecule has 2 aromatic heterocycles. The maximum absolute atomic E-state index is 14.4. The SMILES string of the molecule is CC(=O)N1CCc2c(c(N3CCCc4cc(-c5cn[nH]c5)c(C(F)(F)F)cc43)nn2C2CCN(S(C)(=O)=O)CC2)C1. The van der Waals surface area contributed by atoms with Crippen LogP contribution in [0.2, 0.25) is 0 Å². The van der Waals surface area contributed by atoms with Crippen molar-refractivity contribution in [3.8, 4) is 11.1 Å². The number of rotatable bonds is 4. The summed E-state index contributed by atoms with van der Waals surface area (Å²) in [6.07, 6.45) is 2.57. The lowest BCUT2D eigenvalue weighted by molar-refractivity contribution is -0.137. The van der Waals surface area contributed by atoms with Crippen LogP contribution in [0.4, 0.5) is 24.7 Å². The van der Waals surface area contributed by atoms with Crippen LogP contribution < -0.4 is 4.90 Å². The van der Waals surface area contributed by atoms with Gasteiger partial charge in [-0.3, -0.25) is 14.6 Å². The number of hydrogen-bond donors (Lipinski definition) is 1. The van der Waals surface area contributed by atoms with E-state index in [1.54, 1.807) is 11.0 Å². The first-order chi connectivity index (χ1) is 19.4. The molecule has 41 heavy (non-hydrogen) atoms. The number of nitrogens with one attached hydrogen (secondary N) is 1. The Bertz CT molecular complexity index is 1580. The Morgan fingerprint density at radius 3 is 2.49 bits per heavy atom. The molecule has 1 N–H and O–H groups in total. The predicted octanol–water partition coefficient (Wildman–Crippen LogP) is 3.88. The van der Waals surface area contributed by atoms with Gasteiger partial charge < -0.3 is 9.80 Å². The first-order valence-electron chi connectivity index (χ1n) is 13.7. The third-order valence-corrected chi connectivity index (χ3v) is 9.76. The summed E-state index contributed by atoms with van der Waals surface area (Å²) in [4.78, 5) is 15.9. The third kappa shape index (κ3) is 5.11. The Labute approximate surface area is 236 Å². The fourth-order valence-electron chi connectivity index (χ4n) is 6.36. The molecule has 3 aliphatic heterocycles. The van der Waals surface area contributed by atoms with Gasteiger partial charge in [0, 0.05) is 68.2 Å². The lowest BCUT2D eigenvalue weighted by atomic mass is 9.92. The van der Waals surface area contributed by atoms with E-state index in [4.69, 9.17) is 5.10 Å². The normalized spacial score (nSPS) is 18.9. The number of piperidine rings is 1. The molecule has 1 amide bonds. The van der Waals surface area contributed by atoms with Crippen molar-refractivity contribution in [1.29, 1.82) is 0 Å². The minimum absolute atomic E-state index is 0.0437. The van der Waals surface area contributed by atoms with Gasteiger partial charge in [0.15, 0.2) is 5.82 Å². The molecule has 220 valence electrons. The van der Waals surface area contributed by atoms with E-state index < -0.39 is 21.8 Å². The molecular formula is C27H32F3N7O3S. The maximum Gasteiger partial charge on any atom is 0.417 e. The number of carbonyl (C=O) groups excluding carboxylic acids is 1. The average Bonchev–Trinajstić information content (AvgIpc) is 3.59. The van der Waals surface area contributed by atoms with Crippen LogP contribution in [0.25, 0.3) is 11.1 Å². The molecule has 10 nitrogen and oxygen atoms in total. The summed E-state index contributed by atoms with van der Waals surface area (Å²) in [5, 5.41) is 11.5. The number of benzene rings is 1. The topological polar surface area (TPSA) is 107 Å². The number of sulfonamides is 1. The van der Waals surface area contributed by atoms with Crippen LogP contribution in [-0.2, 0) is 40.4 Å². The highest BCUT2D eigenvalue weighted by atomic mass is 32.2. The molecule has 3 aliphatic rings. The first-order valence-corrected chi connectivity index (χ1v) is 15.6. The van der Waals surface area contributed by atoms with E-state index in [2.05, 4.69) is 10.2 Å². The molecular weight excluding hydrogens is 559 g/mol. The molecule has 6 rings (SSSR count). The summed E-state index contributed by atoms with van der Waals surface area (Å²) in [5.74, 6) is 0.501. The van der Waals surface area contributed by atoms with Crippen molar-refractivity contribution in [1.82, 2.24) is 29.2 Å². The van der Waals surface area contributed by atoms with Crippen LogP contribution in [0.3, 0.4) is 0 Å². The molecule has 0 bridgehead atoms. The van der Waals surface area contributed by atoms with Gasteiger partial charge in [-0.05, 0) is 48.9 Å². The number of anilines is 2. The Kier molecular flexibility index (Phi) is 6.88. The maximum atomic E-state index is 14.4. The van der Waals surface area contributed by atoms with Crippen molar-refractivity contribution in [2.45, 2.75) is 57.8 Å². The number of aromatic amines is 1. The van der Waals surface area contributed by atoms with Crippen molar-refractivity contribution in [2.24, 2.45) is 0 Å². The van der Waals surface area contributed by atoms with E-state index in [0.717, 1.165) is 23.2 Å². The zero-order chi connectivity index (χ0) is 29.1. The van der Waals surface area contributed by atoms with Gasteiger partial charge in [0.05, 0.1) is 30.6 Å². The predicted molar refractivity (Wildman–Crippen MR) is 146 cm³/mol. The highest BCUT2D eigenvalue weighted by Gasteiger charge is 2.38. The molecule has 0 atom stereocenters. The second-order valence-corrected chi connectivity index (χ2v) is 13.0. The van der Waals surface area contributed by atoms with Gasteiger partial charge in [0.2, 0.25) is 15.9 Å². The van der Waals surface area contributed by atoms with Crippen molar-refractivity contribution in [2.75, 3.05) is 37.3 Å². The van der Waals surface area contributed by atoms with Gasteiger partial charge in [-0.1, -0.05) is 0 Å². The van der Waals surface area contributed by atoms with Crippen LogP contribution in [-0.4, -0.2) is 75.9 Å². The van der Waals surface area contributed by atoms with Crippen molar-refractivity contribution in [3.63, 3.8) is 0 Å². The van der Waals surface area contributed by atoms with Gasteiger partial charge in [-0.25, -0.2) is 12.7 Å². The summed E-state index contributed by atoms with van der Waals surface area (Å²) >= 11 is 0. The molecule has 0 saturated carbocycles. The number of carbonyl (C=O) groups is 1. The van der Waals surface area contributed by atoms with E-state index in [-0.39, 0.29) is 17.5 Å². The third-order valence-electron chi connectivity index (χ3n) is 8.46. The summed E-state index contributed by atoms with van der Waals surface area (Å²) in [7, 11) is -3.29. The summed E-state index contributed by atoms with van der Waals surface area (Å²) in [6.45, 7) is 3.62. The minimum Gasteiger partial charge on any atom is -0.338 e. The number of amides is 1. The van der Waals surface area contributed by atoms with E-state index >= 15 is 0 Å². The van der Waals surface area contributed by atoms with Crippen LogP contribution in [0, 0.1) is 0 Å². The first kappa shape index (κ1) is 27.8. The monoisotopic (exact) mass is 591 g/mol. The molecule has 14 heteroatoms. The Balaban J connectivity index is 1.44. The van der Waals surface area contributed by atoms with Gasteiger partial charge in [-0.2, -0.15) is 23.4 Å². The molecule has 1 aromatic carbocycles. The lowest BCUT2D eigenvalue weighted by Gasteiger charge is -2.33. The largest absolute Gasteiger partial charge is 0.417 e. The summed E-state index contributed by atoms with van der Waals surface area (Å²) in [6, 6.07) is 2.79. The van der Waals surface area contributed by atoms with Gasteiger partial charge in [-0.15, -0.1) is 0 Å². The number of fused-ring (bicyclic) bond motifs is 2. The summed E-state index contributed by atoms with van der Waals surface area (Å²) in [5.41, 5.74) is 2.79. The smallest absolute Gasteiger partial charge is 0.338 e. The van der Waals surface area contributed by atoms with Crippen LogP contribution in [0.15, 0.2) is 24.5 Å². The number of alkyl halides is 3. The van der Waals surface area contributed by atoms with Gasteiger partial charge in [0.1, 0.15) is 0 Å². The van der Waals surface area contributed by atoms with Gasteiger partial charge >= 0.3 is 6.18 Å². The highest BCUT2D eigenvalue weighted by Crippen LogP contribution is 2.45. The fraction of sp³-hybridized carbons (Fsp3) is 0.519. The van der Waals surface area contributed by atoms with E-state index in [1.165, 1.54) is 35.9 Å². The quantitative estimate of drug-likeness (QED) is 0.494. The zero-order valence-corrected chi connectivity index (χ0v) is 23.7. The molecule has 5 heterocycles. The van der Waals surface area contributed by atoms with Crippen LogP contribution >= 0.6 is 0 Å². The molecule has 1 fully saturated rings. The fourth-order valence-corrected chi connectivity index (χ4v) is 7.23. The number of H-pyrrole nitrogens is 1. The molecule has 0 unspecified atom stereocenters. The number of aryl methyl sites for hydroxylation is 1. The van der Waals surface area contributed by atoms with Crippen molar-refractivity contribution in [3.05, 3.63) is 46.9 Å². The summed E-state index contributed by atoms with van der Waals surface area (Å²) < 4.78 is 70.6. The second-order valence-electron chi connectivity index (χ2n) is 11.0. The van der Waals surface area contributed by atoms with Crippen molar-refractivity contribution >= 4 is 27.4 Å². The highest BCUT2D eigenvalue weighted by molar-refractivity contribution is 7.88.